The quantitative estimate of drug-likeness (QED) is 0.667. The Hall–Kier alpha value is -1.67. The summed E-state index contributed by atoms with van der Waals surface area (Å²) in [4.78, 5) is 16.7. The minimum Gasteiger partial charge on any atom is -0.292 e. The Morgan fingerprint density at radius 3 is 2.61 bits per heavy atom. The molecule has 23 heavy (non-hydrogen) atoms. The molecule has 1 fully saturated rings. The third-order valence-electron chi connectivity index (χ3n) is 4.88. The van der Waals surface area contributed by atoms with E-state index < -0.39 is 0 Å². The van der Waals surface area contributed by atoms with Crippen molar-refractivity contribution in [3.8, 4) is 0 Å². The molecule has 1 atom stereocenters. The van der Waals surface area contributed by atoms with Gasteiger partial charge in [0.15, 0.2) is 5.78 Å². The SMILES string of the molecule is CC(C(=O)c1ccccn1)c1ccc(C2CCCCC2)c(Cl)c1. The number of carbonyl (C=O) groups is 1. The number of benzene rings is 1. The van der Waals surface area contributed by atoms with Crippen molar-refractivity contribution in [2.45, 2.75) is 50.9 Å². The van der Waals surface area contributed by atoms with Crippen molar-refractivity contribution in [2.75, 3.05) is 0 Å². The van der Waals surface area contributed by atoms with E-state index in [0.29, 0.717) is 11.6 Å². The van der Waals surface area contributed by atoms with Crippen LogP contribution in [0, 0.1) is 0 Å². The molecule has 0 N–H and O–H groups in total. The summed E-state index contributed by atoms with van der Waals surface area (Å²) < 4.78 is 0. The summed E-state index contributed by atoms with van der Waals surface area (Å²) in [6.07, 6.45) is 8.01. The van der Waals surface area contributed by atoms with Gasteiger partial charge in [-0.05, 0) is 48.1 Å². The Balaban J connectivity index is 1.80. The van der Waals surface area contributed by atoms with Gasteiger partial charge in [-0.15, -0.1) is 0 Å². The van der Waals surface area contributed by atoms with E-state index in [-0.39, 0.29) is 11.7 Å². The fourth-order valence-electron chi connectivity index (χ4n) is 3.44. The van der Waals surface area contributed by atoms with Crippen LogP contribution in [0.15, 0.2) is 42.6 Å². The lowest BCUT2D eigenvalue weighted by atomic mass is 9.83. The molecular weight excluding hydrogens is 306 g/mol. The van der Waals surface area contributed by atoms with Gasteiger partial charge in [0.1, 0.15) is 5.69 Å². The topological polar surface area (TPSA) is 30.0 Å². The van der Waals surface area contributed by atoms with Crippen molar-refractivity contribution in [1.29, 1.82) is 0 Å². The average Bonchev–Trinajstić information content (AvgIpc) is 2.62. The zero-order valence-electron chi connectivity index (χ0n) is 13.5. The molecule has 0 aliphatic heterocycles. The maximum atomic E-state index is 12.5. The average molecular weight is 328 g/mol. The van der Waals surface area contributed by atoms with Crippen LogP contribution in [0.2, 0.25) is 5.02 Å². The molecule has 1 aliphatic rings. The van der Waals surface area contributed by atoms with Crippen molar-refractivity contribution in [1.82, 2.24) is 4.98 Å². The zero-order chi connectivity index (χ0) is 16.2. The Kier molecular flexibility index (Phi) is 5.12. The molecule has 3 rings (SSSR count). The number of Topliss-reactive ketones (excluding diaryl/α,β-unsaturated/α-hetero) is 1. The summed E-state index contributed by atoms with van der Waals surface area (Å²) in [5.74, 6) is 0.377. The number of ketones is 1. The third kappa shape index (κ3) is 3.64. The van der Waals surface area contributed by atoms with Gasteiger partial charge in [-0.1, -0.05) is 56.0 Å². The number of pyridine rings is 1. The molecule has 0 saturated heterocycles. The van der Waals surface area contributed by atoms with Gasteiger partial charge >= 0.3 is 0 Å². The van der Waals surface area contributed by atoms with E-state index in [1.165, 1.54) is 37.7 Å². The van der Waals surface area contributed by atoms with Gasteiger partial charge in [-0.2, -0.15) is 0 Å². The van der Waals surface area contributed by atoms with Gasteiger partial charge in [-0.25, -0.2) is 0 Å². The minimum atomic E-state index is -0.234. The molecule has 1 heterocycles. The smallest absolute Gasteiger partial charge is 0.188 e. The normalized spacial score (nSPS) is 17.0. The molecule has 0 amide bonds. The Labute approximate surface area is 142 Å². The lowest BCUT2D eigenvalue weighted by Gasteiger charge is -2.23. The highest BCUT2D eigenvalue weighted by Crippen LogP contribution is 2.37. The Morgan fingerprint density at radius 1 is 1.17 bits per heavy atom. The van der Waals surface area contributed by atoms with Gasteiger partial charge in [-0.3, -0.25) is 9.78 Å². The van der Waals surface area contributed by atoms with Crippen LogP contribution in [0.25, 0.3) is 0 Å². The Morgan fingerprint density at radius 2 is 1.96 bits per heavy atom. The molecule has 1 aromatic carbocycles. The fraction of sp³-hybridized carbons (Fsp3) is 0.400. The largest absolute Gasteiger partial charge is 0.292 e. The third-order valence-corrected chi connectivity index (χ3v) is 5.21. The van der Waals surface area contributed by atoms with Crippen molar-refractivity contribution in [2.24, 2.45) is 0 Å². The van der Waals surface area contributed by atoms with Crippen LogP contribution in [0.3, 0.4) is 0 Å². The fourth-order valence-corrected chi connectivity index (χ4v) is 3.78. The number of rotatable bonds is 4. The molecule has 120 valence electrons. The first-order valence-electron chi connectivity index (χ1n) is 8.41. The summed E-state index contributed by atoms with van der Waals surface area (Å²) in [7, 11) is 0. The van der Waals surface area contributed by atoms with Crippen molar-refractivity contribution in [3.05, 3.63) is 64.4 Å². The van der Waals surface area contributed by atoms with E-state index in [1.807, 2.05) is 25.1 Å². The maximum absolute atomic E-state index is 12.5. The van der Waals surface area contributed by atoms with Gasteiger partial charge in [0, 0.05) is 17.1 Å². The highest BCUT2D eigenvalue weighted by molar-refractivity contribution is 6.31. The number of aromatic nitrogens is 1. The van der Waals surface area contributed by atoms with Gasteiger partial charge in [0.25, 0.3) is 0 Å². The lowest BCUT2D eigenvalue weighted by Crippen LogP contribution is -2.12. The summed E-state index contributed by atoms with van der Waals surface area (Å²) in [5, 5.41) is 0.801. The first kappa shape index (κ1) is 16.2. The number of carbonyl (C=O) groups excluding carboxylic acids is 1. The molecule has 2 nitrogen and oxygen atoms in total. The van der Waals surface area contributed by atoms with Gasteiger partial charge < -0.3 is 0 Å². The second kappa shape index (κ2) is 7.27. The van der Waals surface area contributed by atoms with Crippen LogP contribution in [0.5, 0.6) is 0 Å². The van der Waals surface area contributed by atoms with Crippen LogP contribution in [-0.4, -0.2) is 10.8 Å². The molecule has 0 radical (unpaired) electrons. The summed E-state index contributed by atoms with van der Waals surface area (Å²) in [6, 6.07) is 11.6. The van der Waals surface area contributed by atoms with Gasteiger partial charge in [0.05, 0.1) is 0 Å². The number of hydrogen-bond donors (Lipinski definition) is 0. The standard InChI is InChI=1S/C20H22ClNO/c1-14(20(23)19-9-5-6-12-22-19)16-10-11-17(18(21)13-16)15-7-3-2-4-8-15/h5-6,9-15H,2-4,7-8H2,1H3. The van der Waals surface area contributed by atoms with Crippen molar-refractivity contribution >= 4 is 17.4 Å². The molecule has 1 aromatic heterocycles. The van der Waals surface area contributed by atoms with Crippen LogP contribution < -0.4 is 0 Å². The first-order valence-corrected chi connectivity index (χ1v) is 8.79. The summed E-state index contributed by atoms with van der Waals surface area (Å²) in [6.45, 7) is 1.92. The monoisotopic (exact) mass is 327 g/mol. The van der Waals surface area contributed by atoms with Gasteiger partial charge in [0.2, 0.25) is 0 Å². The predicted molar refractivity (Wildman–Crippen MR) is 94.3 cm³/mol. The van der Waals surface area contributed by atoms with Crippen LogP contribution in [-0.2, 0) is 0 Å². The van der Waals surface area contributed by atoms with E-state index in [4.69, 9.17) is 11.6 Å². The zero-order valence-corrected chi connectivity index (χ0v) is 14.2. The maximum Gasteiger partial charge on any atom is 0.188 e. The van der Waals surface area contributed by atoms with E-state index in [1.54, 1.807) is 12.3 Å². The molecule has 1 saturated carbocycles. The van der Waals surface area contributed by atoms with Crippen molar-refractivity contribution < 1.29 is 4.79 Å². The second-order valence-corrected chi connectivity index (χ2v) is 6.82. The molecule has 3 heteroatoms. The second-order valence-electron chi connectivity index (χ2n) is 6.42. The molecular formula is C20H22ClNO. The molecule has 1 unspecified atom stereocenters. The summed E-state index contributed by atoms with van der Waals surface area (Å²) >= 11 is 6.53. The van der Waals surface area contributed by atoms with E-state index in [0.717, 1.165) is 10.6 Å². The van der Waals surface area contributed by atoms with Crippen molar-refractivity contribution in [3.63, 3.8) is 0 Å². The lowest BCUT2D eigenvalue weighted by molar-refractivity contribution is 0.0961. The number of nitrogens with zero attached hydrogens (tertiary/aromatic N) is 1. The molecule has 2 aromatic rings. The highest BCUT2D eigenvalue weighted by atomic mass is 35.5. The molecule has 0 bridgehead atoms. The van der Waals surface area contributed by atoms with E-state index in [9.17, 15) is 4.79 Å². The molecule has 0 spiro atoms. The Bertz CT molecular complexity index is 677. The summed E-state index contributed by atoms with van der Waals surface area (Å²) in [5.41, 5.74) is 2.71. The van der Waals surface area contributed by atoms with E-state index in [2.05, 4.69) is 17.1 Å². The van der Waals surface area contributed by atoms with Crippen LogP contribution in [0.1, 0.15) is 72.5 Å². The highest BCUT2D eigenvalue weighted by Gasteiger charge is 2.22. The number of halogens is 1. The van der Waals surface area contributed by atoms with Crippen LogP contribution >= 0.6 is 11.6 Å². The number of hydrogen-bond acceptors (Lipinski definition) is 2. The molecule has 1 aliphatic carbocycles. The minimum absolute atomic E-state index is 0.0343. The van der Waals surface area contributed by atoms with Crippen LogP contribution in [0.4, 0.5) is 0 Å². The first-order chi connectivity index (χ1) is 11.2. The van der Waals surface area contributed by atoms with E-state index >= 15 is 0 Å². The predicted octanol–water partition coefficient (Wildman–Crippen LogP) is 5.77.